The third-order valence-electron chi connectivity index (χ3n) is 2.45. The van der Waals surface area contributed by atoms with Crippen LogP contribution in [0, 0.1) is 11.8 Å². The lowest BCUT2D eigenvalue weighted by molar-refractivity contribution is -0.122. The lowest BCUT2D eigenvalue weighted by Crippen LogP contribution is -2.19. The van der Waals surface area contributed by atoms with E-state index in [4.69, 9.17) is 0 Å². The molecule has 0 aliphatic carbocycles. The molecule has 2 heteroatoms. The van der Waals surface area contributed by atoms with Crippen LogP contribution in [0.15, 0.2) is 0 Å². The Bertz CT molecular complexity index is 152. The molecule has 0 aliphatic heterocycles. The average molecular weight is 170 g/mol. The van der Waals surface area contributed by atoms with Crippen LogP contribution in [0.1, 0.15) is 40.0 Å². The smallest absolute Gasteiger partial charge is 0.133 e. The van der Waals surface area contributed by atoms with Crippen LogP contribution in [-0.2, 0) is 9.59 Å². The van der Waals surface area contributed by atoms with Crippen molar-refractivity contribution >= 4 is 12.1 Å². The molecule has 0 aromatic heterocycles. The molecule has 2 unspecified atom stereocenters. The van der Waals surface area contributed by atoms with Crippen molar-refractivity contribution in [1.82, 2.24) is 0 Å². The minimum absolute atomic E-state index is 0.0835. The molecule has 0 fully saturated rings. The highest BCUT2D eigenvalue weighted by Gasteiger charge is 2.19. The monoisotopic (exact) mass is 170 g/mol. The molecule has 0 aromatic carbocycles. The highest BCUT2D eigenvalue weighted by Crippen LogP contribution is 2.20. The predicted octanol–water partition coefficient (Wildman–Crippen LogP) is 2.22. The first-order valence-corrected chi connectivity index (χ1v) is 4.57. The second-order valence-corrected chi connectivity index (χ2v) is 3.35. The summed E-state index contributed by atoms with van der Waals surface area (Å²) in [6.07, 6.45) is 3.11. The van der Waals surface area contributed by atoms with Gasteiger partial charge in [0, 0.05) is 12.3 Å². The first-order chi connectivity index (χ1) is 5.63. The summed E-state index contributed by atoms with van der Waals surface area (Å²) in [7, 11) is 0. The van der Waals surface area contributed by atoms with E-state index >= 15 is 0 Å². The Hall–Kier alpha value is -0.660. The van der Waals surface area contributed by atoms with E-state index in [0.29, 0.717) is 18.8 Å². The van der Waals surface area contributed by atoms with Crippen LogP contribution in [0.25, 0.3) is 0 Å². The second kappa shape index (κ2) is 5.92. The third-order valence-corrected chi connectivity index (χ3v) is 2.45. The van der Waals surface area contributed by atoms with E-state index < -0.39 is 0 Å². The van der Waals surface area contributed by atoms with Gasteiger partial charge in [0.15, 0.2) is 0 Å². The van der Waals surface area contributed by atoms with Gasteiger partial charge in [-0.1, -0.05) is 20.3 Å². The number of Topliss-reactive ketones (excluding diaryl/α,β-unsaturated/α-hetero) is 1. The molecular formula is C10H18O2. The van der Waals surface area contributed by atoms with Gasteiger partial charge < -0.3 is 4.79 Å². The minimum atomic E-state index is 0.0835. The Kier molecular flexibility index (Phi) is 5.60. The fourth-order valence-corrected chi connectivity index (χ4v) is 1.42. The largest absolute Gasteiger partial charge is 0.303 e. The SMILES string of the molecule is CCC(C)C(CCC=O)C(C)=O. The lowest BCUT2D eigenvalue weighted by Gasteiger charge is -2.18. The van der Waals surface area contributed by atoms with Gasteiger partial charge in [0.1, 0.15) is 12.1 Å². The van der Waals surface area contributed by atoms with Gasteiger partial charge >= 0.3 is 0 Å². The van der Waals surface area contributed by atoms with E-state index in [9.17, 15) is 9.59 Å². The number of carbonyl (C=O) groups is 2. The van der Waals surface area contributed by atoms with Gasteiger partial charge in [-0.3, -0.25) is 4.79 Å². The minimum Gasteiger partial charge on any atom is -0.303 e. The van der Waals surface area contributed by atoms with Crippen molar-refractivity contribution in [3.05, 3.63) is 0 Å². The first kappa shape index (κ1) is 11.3. The molecule has 2 atom stereocenters. The summed E-state index contributed by atoms with van der Waals surface area (Å²) in [6.45, 7) is 5.75. The van der Waals surface area contributed by atoms with Crippen LogP contribution < -0.4 is 0 Å². The molecule has 0 radical (unpaired) electrons. The molecule has 0 aliphatic rings. The molecule has 0 heterocycles. The maximum Gasteiger partial charge on any atom is 0.133 e. The van der Waals surface area contributed by atoms with Crippen molar-refractivity contribution in [3.8, 4) is 0 Å². The van der Waals surface area contributed by atoms with Gasteiger partial charge in [-0.15, -0.1) is 0 Å². The molecule has 0 saturated carbocycles. The maximum absolute atomic E-state index is 11.1. The maximum atomic E-state index is 11.1. The Morgan fingerprint density at radius 2 is 2.08 bits per heavy atom. The van der Waals surface area contributed by atoms with Crippen LogP contribution in [0.4, 0.5) is 0 Å². The van der Waals surface area contributed by atoms with E-state index in [0.717, 1.165) is 12.7 Å². The number of ketones is 1. The number of hydrogen-bond donors (Lipinski definition) is 0. The van der Waals surface area contributed by atoms with Crippen LogP contribution in [-0.4, -0.2) is 12.1 Å². The van der Waals surface area contributed by atoms with Crippen LogP contribution >= 0.6 is 0 Å². The van der Waals surface area contributed by atoms with Gasteiger partial charge in [0.2, 0.25) is 0 Å². The Labute approximate surface area is 74.3 Å². The fourth-order valence-electron chi connectivity index (χ4n) is 1.42. The van der Waals surface area contributed by atoms with Crippen molar-refractivity contribution in [2.24, 2.45) is 11.8 Å². The number of carbonyl (C=O) groups excluding carboxylic acids is 2. The summed E-state index contributed by atoms with van der Waals surface area (Å²) in [4.78, 5) is 21.3. The zero-order valence-corrected chi connectivity index (χ0v) is 8.17. The van der Waals surface area contributed by atoms with E-state index in [1.165, 1.54) is 0 Å². The van der Waals surface area contributed by atoms with E-state index in [1.807, 2.05) is 0 Å². The molecule has 0 aromatic rings. The fraction of sp³-hybridized carbons (Fsp3) is 0.800. The number of hydrogen-bond acceptors (Lipinski definition) is 2. The van der Waals surface area contributed by atoms with Gasteiger partial charge in [-0.2, -0.15) is 0 Å². The summed E-state index contributed by atoms with van der Waals surface area (Å²) in [5.74, 6) is 0.703. The summed E-state index contributed by atoms with van der Waals surface area (Å²) < 4.78 is 0. The molecule has 70 valence electrons. The molecule has 12 heavy (non-hydrogen) atoms. The predicted molar refractivity (Wildman–Crippen MR) is 48.9 cm³/mol. The highest BCUT2D eigenvalue weighted by atomic mass is 16.1. The average Bonchev–Trinajstić information content (AvgIpc) is 2.04. The summed E-state index contributed by atoms with van der Waals surface area (Å²) in [5, 5.41) is 0. The van der Waals surface area contributed by atoms with Crippen molar-refractivity contribution in [2.45, 2.75) is 40.0 Å². The Morgan fingerprint density at radius 3 is 2.42 bits per heavy atom. The van der Waals surface area contributed by atoms with E-state index in [2.05, 4.69) is 13.8 Å². The molecule has 0 N–H and O–H groups in total. The summed E-state index contributed by atoms with van der Waals surface area (Å²) >= 11 is 0. The molecular weight excluding hydrogens is 152 g/mol. The molecule has 0 spiro atoms. The van der Waals surface area contributed by atoms with E-state index in [1.54, 1.807) is 6.92 Å². The zero-order valence-electron chi connectivity index (χ0n) is 8.17. The zero-order chi connectivity index (χ0) is 9.56. The Balaban J connectivity index is 4.02. The van der Waals surface area contributed by atoms with Crippen molar-refractivity contribution in [2.75, 3.05) is 0 Å². The van der Waals surface area contributed by atoms with Crippen LogP contribution in [0.3, 0.4) is 0 Å². The Morgan fingerprint density at radius 1 is 1.50 bits per heavy atom. The first-order valence-electron chi connectivity index (χ1n) is 4.57. The summed E-state index contributed by atoms with van der Waals surface area (Å²) in [5.41, 5.74) is 0. The van der Waals surface area contributed by atoms with Gasteiger partial charge in [0.05, 0.1) is 0 Å². The normalized spacial score (nSPS) is 15.2. The molecule has 0 amide bonds. The van der Waals surface area contributed by atoms with Crippen LogP contribution in [0.2, 0.25) is 0 Å². The van der Waals surface area contributed by atoms with E-state index in [-0.39, 0.29) is 11.7 Å². The molecule has 2 nitrogen and oxygen atoms in total. The van der Waals surface area contributed by atoms with Crippen molar-refractivity contribution in [1.29, 1.82) is 0 Å². The molecule has 0 bridgehead atoms. The van der Waals surface area contributed by atoms with Crippen LogP contribution in [0.5, 0.6) is 0 Å². The van der Waals surface area contributed by atoms with Gasteiger partial charge in [-0.25, -0.2) is 0 Å². The number of rotatable bonds is 6. The topological polar surface area (TPSA) is 34.1 Å². The number of aldehydes is 1. The quantitative estimate of drug-likeness (QED) is 0.573. The second-order valence-electron chi connectivity index (χ2n) is 3.35. The molecule has 0 rings (SSSR count). The van der Waals surface area contributed by atoms with Gasteiger partial charge in [-0.05, 0) is 19.3 Å². The summed E-state index contributed by atoms with van der Waals surface area (Å²) in [6, 6.07) is 0. The third kappa shape index (κ3) is 3.65. The molecule has 0 saturated heterocycles. The standard InChI is InChI=1S/C10H18O2/c1-4-8(2)10(9(3)12)6-5-7-11/h7-8,10H,4-6H2,1-3H3. The highest BCUT2D eigenvalue weighted by molar-refractivity contribution is 5.78. The van der Waals surface area contributed by atoms with Crippen molar-refractivity contribution < 1.29 is 9.59 Å². The van der Waals surface area contributed by atoms with Gasteiger partial charge in [0.25, 0.3) is 0 Å². The van der Waals surface area contributed by atoms with Crippen molar-refractivity contribution in [3.63, 3.8) is 0 Å². The lowest BCUT2D eigenvalue weighted by atomic mass is 9.85.